The molecular formula is C23H29N7O2. The second-order valence-electron chi connectivity index (χ2n) is 8.22. The van der Waals surface area contributed by atoms with Gasteiger partial charge in [-0.1, -0.05) is 30.3 Å². The van der Waals surface area contributed by atoms with E-state index >= 15 is 0 Å². The van der Waals surface area contributed by atoms with Gasteiger partial charge in [0, 0.05) is 49.6 Å². The third-order valence-electron chi connectivity index (χ3n) is 6.08. The van der Waals surface area contributed by atoms with Crippen molar-refractivity contribution in [3.63, 3.8) is 0 Å². The van der Waals surface area contributed by atoms with E-state index in [0.717, 1.165) is 29.8 Å². The Hall–Kier alpha value is -3.49. The molecule has 3 heterocycles. The van der Waals surface area contributed by atoms with Crippen molar-refractivity contribution >= 4 is 23.5 Å². The minimum atomic E-state index is 0.0293. The fourth-order valence-electron chi connectivity index (χ4n) is 4.19. The molecule has 4 rings (SSSR count). The first-order valence-corrected chi connectivity index (χ1v) is 11.0. The Morgan fingerprint density at radius 3 is 2.31 bits per heavy atom. The summed E-state index contributed by atoms with van der Waals surface area (Å²) in [5.41, 5.74) is 9.35. The summed E-state index contributed by atoms with van der Waals surface area (Å²) in [5, 5.41) is 4.16. The molecule has 9 nitrogen and oxygen atoms in total. The van der Waals surface area contributed by atoms with Crippen LogP contribution < -0.4 is 5.73 Å². The molecule has 1 saturated heterocycles. The second kappa shape index (κ2) is 9.33. The van der Waals surface area contributed by atoms with Gasteiger partial charge in [0.05, 0.1) is 6.42 Å². The molecule has 0 spiro atoms. The molecule has 1 aliphatic rings. The summed E-state index contributed by atoms with van der Waals surface area (Å²) in [5.74, 6) is 0.792. The number of carbonyl (C=O) groups is 2. The Morgan fingerprint density at radius 1 is 0.969 bits per heavy atom. The first-order valence-electron chi connectivity index (χ1n) is 11.0. The predicted octanol–water partition coefficient (Wildman–Crippen LogP) is 1.56. The topological polar surface area (TPSA) is 110 Å². The highest BCUT2D eigenvalue weighted by Crippen LogP contribution is 2.17. The first kappa shape index (κ1) is 21.7. The van der Waals surface area contributed by atoms with Crippen LogP contribution in [0.1, 0.15) is 35.4 Å². The molecular weight excluding hydrogens is 406 g/mol. The van der Waals surface area contributed by atoms with Crippen LogP contribution >= 0.6 is 0 Å². The van der Waals surface area contributed by atoms with Crippen LogP contribution in [0.25, 0.3) is 5.78 Å². The lowest BCUT2D eigenvalue weighted by molar-refractivity contribution is -0.139. The zero-order chi connectivity index (χ0) is 22.7. The Balaban J connectivity index is 1.29. The number of anilines is 1. The van der Waals surface area contributed by atoms with Crippen molar-refractivity contribution in [2.24, 2.45) is 0 Å². The van der Waals surface area contributed by atoms with Gasteiger partial charge in [0.25, 0.3) is 5.78 Å². The van der Waals surface area contributed by atoms with Crippen LogP contribution in [0.3, 0.4) is 0 Å². The number of carbonyl (C=O) groups excluding carboxylic acids is 2. The highest BCUT2D eigenvalue weighted by Gasteiger charge is 2.25. The number of rotatable bonds is 6. The number of aryl methyl sites for hydroxylation is 3. The maximum atomic E-state index is 12.9. The minimum absolute atomic E-state index is 0.0293. The summed E-state index contributed by atoms with van der Waals surface area (Å²) in [4.78, 5) is 37.7. The van der Waals surface area contributed by atoms with Gasteiger partial charge in [-0.15, -0.1) is 5.10 Å². The SMILES string of the molecule is Cc1nc2nc(N)nn2c(C)c1CC(=O)N1CCN(C(=O)CCCc2ccccc2)CC1. The Morgan fingerprint density at radius 2 is 1.62 bits per heavy atom. The van der Waals surface area contributed by atoms with E-state index in [1.165, 1.54) is 5.56 Å². The largest absolute Gasteiger partial charge is 0.366 e. The van der Waals surface area contributed by atoms with Crippen LogP contribution in [0.15, 0.2) is 30.3 Å². The number of hydrogen-bond acceptors (Lipinski definition) is 6. The average molecular weight is 436 g/mol. The summed E-state index contributed by atoms with van der Waals surface area (Å²) in [6, 6.07) is 10.2. The minimum Gasteiger partial charge on any atom is -0.366 e. The van der Waals surface area contributed by atoms with Gasteiger partial charge in [0.2, 0.25) is 17.8 Å². The second-order valence-corrected chi connectivity index (χ2v) is 8.22. The molecule has 2 N–H and O–H groups in total. The van der Waals surface area contributed by atoms with Gasteiger partial charge >= 0.3 is 0 Å². The molecule has 0 atom stereocenters. The molecule has 0 radical (unpaired) electrons. The third-order valence-corrected chi connectivity index (χ3v) is 6.08. The molecule has 168 valence electrons. The summed E-state index contributed by atoms with van der Waals surface area (Å²) >= 11 is 0. The number of piperazine rings is 1. The van der Waals surface area contributed by atoms with Crippen LogP contribution in [0.2, 0.25) is 0 Å². The van der Waals surface area contributed by atoms with E-state index < -0.39 is 0 Å². The van der Waals surface area contributed by atoms with Gasteiger partial charge in [-0.3, -0.25) is 9.59 Å². The van der Waals surface area contributed by atoms with Crippen molar-refractivity contribution in [2.45, 2.75) is 39.5 Å². The number of fused-ring (bicyclic) bond motifs is 1. The average Bonchev–Trinajstić information content (AvgIpc) is 3.17. The summed E-state index contributed by atoms with van der Waals surface area (Å²) in [7, 11) is 0. The molecule has 0 unspecified atom stereocenters. The van der Waals surface area contributed by atoms with Crippen LogP contribution in [0.5, 0.6) is 0 Å². The predicted molar refractivity (Wildman–Crippen MR) is 121 cm³/mol. The number of nitrogens with zero attached hydrogens (tertiary/aromatic N) is 6. The summed E-state index contributed by atoms with van der Waals surface area (Å²) in [6.45, 7) is 6.01. The van der Waals surface area contributed by atoms with Gasteiger partial charge in [-0.05, 0) is 32.3 Å². The number of benzene rings is 1. The first-order chi connectivity index (χ1) is 15.4. The molecule has 9 heteroatoms. The number of nitrogens with two attached hydrogens (primary N) is 1. The van der Waals surface area contributed by atoms with E-state index in [4.69, 9.17) is 5.73 Å². The van der Waals surface area contributed by atoms with Crippen molar-refractivity contribution in [1.82, 2.24) is 29.4 Å². The molecule has 32 heavy (non-hydrogen) atoms. The zero-order valence-corrected chi connectivity index (χ0v) is 18.6. The van der Waals surface area contributed by atoms with E-state index in [0.29, 0.717) is 38.4 Å². The molecule has 0 aliphatic carbocycles. The highest BCUT2D eigenvalue weighted by molar-refractivity contribution is 5.80. The third kappa shape index (κ3) is 4.71. The highest BCUT2D eigenvalue weighted by atomic mass is 16.2. The van der Waals surface area contributed by atoms with Gasteiger partial charge in [-0.2, -0.15) is 9.50 Å². The van der Waals surface area contributed by atoms with E-state index in [1.54, 1.807) is 4.52 Å². The van der Waals surface area contributed by atoms with E-state index in [-0.39, 0.29) is 24.2 Å². The number of hydrogen-bond donors (Lipinski definition) is 1. The van der Waals surface area contributed by atoms with Crippen molar-refractivity contribution < 1.29 is 9.59 Å². The molecule has 1 aromatic carbocycles. The van der Waals surface area contributed by atoms with Crippen LogP contribution in [-0.2, 0) is 22.4 Å². The quantitative estimate of drug-likeness (QED) is 0.629. The van der Waals surface area contributed by atoms with Gasteiger partial charge < -0.3 is 15.5 Å². The van der Waals surface area contributed by atoms with Crippen LogP contribution in [-0.4, -0.2) is 67.4 Å². The molecule has 1 aliphatic heterocycles. The van der Waals surface area contributed by atoms with Gasteiger partial charge in [0.15, 0.2) is 0 Å². The molecule has 2 aromatic heterocycles. The zero-order valence-electron chi connectivity index (χ0n) is 18.6. The van der Waals surface area contributed by atoms with Crippen LogP contribution in [0, 0.1) is 13.8 Å². The monoisotopic (exact) mass is 435 g/mol. The molecule has 3 aromatic rings. The maximum Gasteiger partial charge on any atom is 0.254 e. The van der Waals surface area contributed by atoms with Crippen molar-refractivity contribution in [1.29, 1.82) is 0 Å². The summed E-state index contributed by atoms with van der Waals surface area (Å²) < 4.78 is 1.58. The molecule has 1 fully saturated rings. The van der Waals surface area contributed by atoms with E-state index in [1.807, 2.05) is 41.8 Å². The number of nitrogen functional groups attached to an aromatic ring is 1. The Bertz CT molecular complexity index is 1120. The fourth-order valence-corrected chi connectivity index (χ4v) is 4.19. The lowest BCUT2D eigenvalue weighted by Gasteiger charge is -2.35. The van der Waals surface area contributed by atoms with Crippen molar-refractivity contribution in [3.8, 4) is 0 Å². The smallest absolute Gasteiger partial charge is 0.254 e. The number of amides is 2. The van der Waals surface area contributed by atoms with Crippen molar-refractivity contribution in [3.05, 3.63) is 52.8 Å². The van der Waals surface area contributed by atoms with E-state index in [9.17, 15) is 9.59 Å². The fraction of sp³-hybridized carbons (Fsp3) is 0.435. The molecule has 2 amide bonds. The Kier molecular flexibility index (Phi) is 6.34. The standard InChI is InChI=1S/C23H29N7O2/c1-16-19(17(2)30-23(25-16)26-22(24)27-30)15-21(32)29-13-11-28(12-14-29)20(31)10-6-9-18-7-4-3-5-8-18/h3-5,7-8H,6,9-15H2,1-2H3,(H2,24,27). The molecule has 0 bridgehead atoms. The normalized spacial score (nSPS) is 14.2. The number of aromatic nitrogens is 4. The van der Waals surface area contributed by atoms with Crippen LogP contribution in [0.4, 0.5) is 5.95 Å². The van der Waals surface area contributed by atoms with E-state index in [2.05, 4.69) is 27.2 Å². The maximum absolute atomic E-state index is 12.9. The summed E-state index contributed by atoms with van der Waals surface area (Å²) in [6.07, 6.45) is 2.52. The lowest BCUT2D eigenvalue weighted by atomic mass is 10.1. The van der Waals surface area contributed by atoms with Crippen molar-refractivity contribution in [2.75, 3.05) is 31.9 Å². The Labute approximate surface area is 187 Å². The van der Waals surface area contributed by atoms with Gasteiger partial charge in [-0.25, -0.2) is 4.98 Å². The lowest BCUT2D eigenvalue weighted by Crippen LogP contribution is -2.51. The van der Waals surface area contributed by atoms with Gasteiger partial charge in [0.1, 0.15) is 0 Å². The molecule has 0 saturated carbocycles.